The molecule has 3 aliphatic rings. The first-order valence-electron chi connectivity index (χ1n) is 6.10. The minimum Gasteiger partial charge on any atom is -0.300 e. The molecular weight excluding hydrogens is 158 g/mol. The van der Waals surface area contributed by atoms with Gasteiger partial charge in [0.1, 0.15) is 0 Å². The summed E-state index contributed by atoms with van der Waals surface area (Å²) in [5.74, 6) is 2.18. The van der Waals surface area contributed by atoms with Gasteiger partial charge in [0.2, 0.25) is 0 Å². The normalized spacial score (nSPS) is 50.5. The van der Waals surface area contributed by atoms with Crippen LogP contribution in [0.4, 0.5) is 0 Å². The Morgan fingerprint density at radius 1 is 0.769 bits per heavy atom. The van der Waals surface area contributed by atoms with Crippen LogP contribution in [0.15, 0.2) is 0 Å². The molecule has 0 aromatic heterocycles. The van der Waals surface area contributed by atoms with Gasteiger partial charge in [-0.25, -0.2) is 0 Å². The van der Waals surface area contributed by atoms with Crippen LogP contribution < -0.4 is 0 Å². The molecule has 4 atom stereocenters. The summed E-state index contributed by atoms with van der Waals surface area (Å²) < 4.78 is 0. The zero-order chi connectivity index (χ0) is 8.84. The maximum atomic E-state index is 2.74. The number of hydrogen-bond acceptors (Lipinski definition) is 1. The molecule has 1 saturated heterocycles. The van der Waals surface area contributed by atoms with Gasteiger partial charge >= 0.3 is 0 Å². The summed E-state index contributed by atoms with van der Waals surface area (Å²) >= 11 is 0. The Balaban J connectivity index is 1.85. The Morgan fingerprint density at radius 2 is 1.31 bits per heavy atom. The average molecular weight is 179 g/mol. The van der Waals surface area contributed by atoms with Crippen LogP contribution in [0.5, 0.6) is 0 Å². The SMILES string of the molecule is CN1C2CCCCC2C2CCCC21. The van der Waals surface area contributed by atoms with Crippen molar-refractivity contribution in [3.63, 3.8) is 0 Å². The summed E-state index contributed by atoms with van der Waals surface area (Å²) in [5, 5.41) is 0. The third-order valence-corrected chi connectivity index (χ3v) is 4.91. The molecule has 1 aliphatic heterocycles. The lowest BCUT2D eigenvalue weighted by Gasteiger charge is -2.31. The van der Waals surface area contributed by atoms with Crippen molar-refractivity contribution in [3.8, 4) is 0 Å². The van der Waals surface area contributed by atoms with Crippen molar-refractivity contribution in [2.24, 2.45) is 11.8 Å². The molecule has 1 heteroatoms. The standard InChI is InChI=1S/C12H21N/c1-13-11-7-3-2-5-9(11)10-6-4-8-12(10)13/h9-12H,2-8H2,1H3. The van der Waals surface area contributed by atoms with E-state index in [9.17, 15) is 0 Å². The number of likely N-dealkylation sites (tertiary alicyclic amines) is 1. The Kier molecular flexibility index (Phi) is 1.90. The van der Waals surface area contributed by atoms with Gasteiger partial charge in [0, 0.05) is 12.1 Å². The maximum Gasteiger partial charge on any atom is 0.0127 e. The highest BCUT2D eigenvalue weighted by Crippen LogP contribution is 2.49. The molecular formula is C12H21N. The number of nitrogens with zero attached hydrogens (tertiary/aromatic N) is 1. The summed E-state index contributed by atoms with van der Waals surface area (Å²) in [6.45, 7) is 0. The summed E-state index contributed by atoms with van der Waals surface area (Å²) in [7, 11) is 2.39. The first-order chi connectivity index (χ1) is 6.38. The van der Waals surface area contributed by atoms with E-state index in [4.69, 9.17) is 0 Å². The van der Waals surface area contributed by atoms with Crippen LogP contribution in [0.25, 0.3) is 0 Å². The molecule has 2 saturated carbocycles. The molecule has 0 aromatic rings. The van der Waals surface area contributed by atoms with Crippen LogP contribution >= 0.6 is 0 Å². The number of hydrogen-bond donors (Lipinski definition) is 0. The molecule has 4 unspecified atom stereocenters. The van der Waals surface area contributed by atoms with Gasteiger partial charge < -0.3 is 0 Å². The van der Waals surface area contributed by atoms with Gasteiger partial charge in [-0.15, -0.1) is 0 Å². The molecule has 0 amide bonds. The Morgan fingerprint density at radius 3 is 2.08 bits per heavy atom. The number of rotatable bonds is 0. The summed E-state index contributed by atoms with van der Waals surface area (Å²) in [6, 6.07) is 1.96. The highest BCUT2D eigenvalue weighted by Gasteiger charge is 2.48. The smallest absolute Gasteiger partial charge is 0.0127 e. The van der Waals surface area contributed by atoms with Crippen molar-refractivity contribution in [2.75, 3.05) is 7.05 Å². The maximum absolute atomic E-state index is 2.74. The molecule has 74 valence electrons. The van der Waals surface area contributed by atoms with Gasteiger partial charge in [-0.2, -0.15) is 0 Å². The van der Waals surface area contributed by atoms with Crippen LogP contribution in [-0.4, -0.2) is 24.0 Å². The predicted octanol–water partition coefficient (Wildman–Crippen LogP) is 2.66. The van der Waals surface area contributed by atoms with Crippen molar-refractivity contribution in [2.45, 2.75) is 57.0 Å². The van der Waals surface area contributed by atoms with Crippen LogP contribution in [0, 0.1) is 11.8 Å². The Labute approximate surface area is 81.5 Å². The lowest BCUT2D eigenvalue weighted by atomic mass is 9.79. The average Bonchev–Trinajstić information content (AvgIpc) is 2.72. The largest absolute Gasteiger partial charge is 0.300 e. The van der Waals surface area contributed by atoms with E-state index >= 15 is 0 Å². The van der Waals surface area contributed by atoms with E-state index in [2.05, 4.69) is 11.9 Å². The van der Waals surface area contributed by atoms with Crippen molar-refractivity contribution in [1.82, 2.24) is 4.90 Å². The summed E-state index contributed by atoms with van der Waals surface area (Å²) in [5.41, 5.74) is 0. The van der Waals surface area contributed by atoms with Gasteiger partial charge in [-0.05, 0) is 44.6 Å². The van der Waals surface area contributed by atoms with Gasteiger partial charge in [0.15, 0.2) is 0 Å². The first kappa shape index (κ1) is 8.28. The molecule has 1 heterocycles. The topological polar surface area (TPSA) is 3.24 Å². The van der Waals surface area contributed by atoms with E-state index in [0.29, 0.717) is 0 Å². The van der Waals surface area contributed by atoms with Gasteiger partial charge in [0.25, 0.3) is 0 Å². The fourth-order valence-electron chi connectivity index (χ4n) is 4.37. The summed E-state index contributed by atoms with van der Waals surface area (Å²) in [6.07, 6.45) is 10.6. The summed E-state index contributed by atoms with van der Waals surface area (Å²) in [4.78, 5) is 2.74. The molecule has 3 fully saturated rings. The molecule has 0 N–H and O–H groups in total. The van der Waals surface area contributed by atoms with Crippen LogP contribution in [0.3, 0.4) is 0 Å². The molecule has 3 rings (SSSR count). The van der Waals surface area contributed by atoms with E-state index in [1.807, 2.05) is 0 Å². The van der Waals surface area contributed by atoms with Crippen molar-refractivity contribution >= 4 is 0 Å². The van der Waals surface area contributed by atoms with Gasteiger partial charge in [-0.3, -0.25) is 4.90 Å². The predicted molar refractivity (Wildman–Crippen MR) is 54.6 cm³/mol. The number of fused-ring (bicyclic) bond motifs is 3. The molecule has 0 bridgehead atoms. The van der Waals surface area contributed by atoms with E-state index in [0.717, 1.165) is 23.9 Å². The monoisotopic (exact) mass is 179 g/mol. The molecule has 0 radical (unpaired) electrons. The van der Waals surface area contributed by atoms with Gasteiger partial charge in [0.05, 0.1) is 0 Å². The molecule has 1 nitrogen and oxygen atoms in total. The second-order valence-electron chi connectivity index (χ2n) is 5.34. The van der Waals surface area contributed by atoms with Crippen molar-refractivity contribution < 1.29 is 0 Å². The minimum absolute atomic E-state index is 0.976. The fraction of sp³-hybridized carbons (Fsp3) is 1.00. The molecule has 0 aromatic carbocycles. The molecule has 13 heavy (non-hydrogen) atoms. The van der Waals surface area contributed by atoms with E-state index in [1.165, 1.54) is 44.9 Å². The quantitative estimate of drug-likeness (QED) is 0.552. The van der Waals surface area contributed by atoms with Crippen LogP contribution in [0.1, 0.15) is 44.9 Å². The third kappa shape index (κ3) is 1.09. The Bertz CT molecular complexity index is 199. The molecule has 2 aliphatic carbocycles. The van der Waals surface area contributed by atoms with Crippen molar-refractivity contribution in [3.05, 3.63) is 0 Å². The second-order valence-corrected chi connectivity index (χ2v) is 5.34. The van der Waals surface area contributed by atoms with Crippen LogP contribution in [-0.2, 0) is 0 Å². The Hall–Kier alpha value is -0.0400. The third-order valence-electron chi connectivity index (χ3n) is 4.91. The first-order valence-corrected chi connectivity index (χ1v) is 6.10. The van der Waals surface area contributed by atoms with Crippen LogP contribution in [0.2, 0.25) is 0 Å². The lowest BCUT2D eigenvalue weighted by Crippen LogP contribution is -2.35. The second kappa shape index (κ2) is 2.98. The molecule has 0 spiro atoms. The minimum atomic E-state index is 0.976. The fourth-order valence-corrected chi connectivity index (χ4v) is 4.37. The zero-order valence-electron chi connectivity index (χ0n) is 8.71. The van der Waals surface area contributed by atoms with Crippen molar-refractivity contribution in [1.29, 1.82) is 0 Å². The highest BCUT2D eigenvalue weighted by molar-refractivity contribution is 5.02. The van der Waals surface area contributed by atoms with E-state index < -0.39 is 0 Å². The van der Waals surface area contributed by atoms with E-state index in [1.54, 1.807) is 0 Å². The van der Waals surface area contributed by atoms with Gasteiger partial charge in [-0.1, -0.05) is 19.3 Å². The van der Waals surface area contributed by atoms with E-state index in [-0.39, 0.29) is 0 Å². The highest BCUT2D eigenvalue weighted by atomic mass is 15.2. The zero-order valence-corrected chi connectivity index (χ0v) is 8.71. The lowest BCUT2D eigenvalue weighted by molar-refractivity contribution is 0.180.